The molecule has 1 atom stereocenters. The Balaban J connectivity index is 4.21. The van der Waals surface area contributed by atoms with E-state index in [9.17, 15) is 14.4 Å². The first-order valence-corrected chi connectivity index (χ1v) is 25.9. The first kappa shape index (κ1) is 58.9. The van der Waals surface area contributed by atoms with Crippen molar-refractivity contribution in [1.29, 1.82) is 0 Å². The minimum absolute atomic E-state index is 0.0928. The zero-order valence-electron chi connectivity index (χ0n) is 40.6. The standard InChI is InChI=1S/C56H96O6/c1-4-7-10-13-16-18-20-22-24-25-26-27-28-29-30-31-33-34-36-38-40-43-46-49-55(58)61-52-53(51-60-54(57)48-45-42-15-12-9-6-3)62-56(59)50-47-44-41-39-37-35-32-23-21-19-17-14-11-8-5-2/h8,11,17,19-20,22-23,25-26,32,37,39,53H,4-7,9-10,12-16,18,21,24,27-31,33-36,38,40-52H2,1-3H3/b11-8-,19-17-,22-20-,26-25-,32-23-,39-37-. The third-order valence-electron chi connectivity index (χ3n) is 10.9. The number of esters is 3. The summed E-state index contributed by atoms with van der Waals surface area (Å²) >= 11 is 0. The quantitative estimate of drug-likeness (QED) is 0.0262. The van der Waals surface area contributed by atoms with Crippen molar-refractivity contribution in [2.24, 2.45) is 0 Å². The Morgan fingerprint density at radius 2 is 0.629 bits per heavy atom. The first-order chi connectivity index (χ1) is 30.5. The molecule has 62 heavy (non-hydrogen) atoms. The van der Waals surface area contributed by atoms with Gasteiger partial charge in [-0.3, -0.25) is 14.4 Å². The molecule has 0 aromatic carbocycles. The molecule has 0 aliphatic rings. The molecule has 0 saturated carbocycles. The van der Waals surface area contributed by atoms with Crippen LogP contribution in [-0.2, 0) is 28.6 Å². The zero-order chi connectivity index (χ0) is 45.1. The van der Waals surface area contributed by atoms with Crippen LogP contribution in [0, 0.1) is 0 Å². The topological polar surface area (TPSA) is 78.9 Å². The molecule has 0 saturated heterocycles. The van der Waals surface area contributed by atoms with E-state index < -0.39 is 6.10 Å². The molecule has 0 N–H and O–H groups in total. The molecule has 0 aromatic heterocycles. The van der Waals surface area contributed by atoms with Crippen LogP contribution in [0.25, 0.3) is 0 Å². The van der Waals surface area contributed by atoms with Gasteiger partial charge in [0.25, 0.3) is 0 Å². The van der Waals surface area contributed by atoms with Crippen molar-refractivity contribution < 1.29 is 28.6 Å². The summed E-state index contributed by atoms with van der Waals surface area (Å²) in [5.74, 6) is -0.946. The molecule has 0 aliphatic carbocycles. The lowest BCUT2D eigenvalue weighted by molar-refractivity contribution is -0.167. The predicted molar refractivity (Wildman–Crippen MR) is 265 cm³/mol. The van der Waals surface area contributed by atoms with E-state index in [-0.39, 0.29) is 37.5 Å². The van der Waals surface area contributed by atoms with Crippen molar-refractivity contribution in [3.05, 3.63) is 72.9 Å². The summed E-state index contributed by atoms with van der Waals surface area (Å²) in [5.41, 5.74) is 0. The Morgan fingerprint density at radius 1 is 0.339 bits per heavy atom. The van der Waals surface area contributed by atoms with Gasteiger partial charge in [0.05, 0.1) is 0 Å². The van der Waals surface area contributed by atoms with Crippen molar-refractivity contribution in [3.8, 4) is 0 Å². The second kappa shape index (κ2) is 50.5. The summed E-state index contributed by atoms with van der Waals surface area (Å²) in [4.78, 5) is 37.7. The monoisotopic (exact) mass is 865 g/mol. The summed E-state index contributed by atoms with van der Waals surface area (Å²) < 4.78 is 16.7. The first-order valence-electron chi connectivity index (χ1n) is 25.9. The molecule has 6 nitrogen and oxygen atoms in total. The number of hydrogen-bond acceptors (Lipinski definition) is 6. The van der Waals surface area contributed by atoms with Crippen molar-refractivity contribution in [2.75, 3.05) is 13.2 Å². The van der Waals surface area contributed by atoms with Crippen LogP contribution in [0.3, 0.4) is 0 Å². The lowest BCUT2D eigenvalue weighted by atomic mass is 10.0. The molecule has 0 radical (unpaired) electrons. The second-order valence-electron chi connectivity index (χ2n) is 17.1. The second-order valence-corrected chi connectivity index (χ2v) is 17.1. The molecular weight excluding hydrogens is 769 g/mol. The van der Waals surface area contributed by atoms with E-state index in [4.69, 9.17) is 14.2 Å². The molecule has 0 amide bonds. The summed E-state index contributed by atoms with van der Waals surface area (Å²) in [7, 11) is 0. The average Bonchev–Trinajstić information content (AvgIpc) is 3.27. The lowest BCUT2D eigenvalue weighted by Crippen LogP contribution is -2.30. The zero-order valence-corrected chi connectivity index (χ0v) is 40.6. The Kier molecular flexibility index (Phi) is 47.9. The predicted octanol–water partition coefficient (Wildman–Crippen LogP) is 17.0. The van der Waals surface area contributed by atoms with Crippen molar-refractivity contribution in [2.45, 2.75) is 252 Å². The highest BCUT2D eigenvalue weighted by atomic mass is 16.6. The molecule has 1 unspecified atom stereocenters. The number of ether oxygens (including phenoxy) is 3. The smallest absolute Gasteiger partial charge is 0.306 e. The molecule has 0 heterocycles. The van der Waals surface area contributed by atoms with Gasteiger partial charge in [0.2, 0.25) is 0 Å². The number of unbranched alkanes of at least 4 members (excludes halogenated alkanes) is 23. The average molecular weight is 865 g/mol. The number of carbonyl (C=O) groups is 3. The van der Waals surface area contributed by atoms with Gasteiger partial charge in [0.1, 0.15) is 13.2 Å². The van der Waals surface area contributed by atoms with E-state index in [2.05, 4.69) is 93.7 Å². The molecule has 0 rings (SSSR count). The van der Waals surface area contributed by atoms with Crippen LogP contribution >= 0.6 is 0 Å². The number of hydrogen-bond donors (Lipinski definition) is 0. The molecule has 0 fully saturated rings. The van der Waals surface area contributed by atoms with E-state index in [1.54, 1.807) is 0 Å². The van der Waals surface area contributed by atoms with Crippen molar-refractivity contribution in [1.82, 2.24) is 0 Å². The van der Waals surface area contributed by atoms with Crippen LogP contribution in [0.4, 0.5) is 0 Å². The van der Waals surface area contributed by atoms with Crippen LogP contribution in [0.15, 0.2) is 72.9 Å². The summed E-state index contributed by atoms with van der Waals surface area (Å²) in [6, 6.07) is 0. The minimum atomic E-state index is -0.793. The Bertz CT molecular complexity index is 1180. The molecule has 0 bridgehead atoms. The van der Waals surface area contributed by atoms with Gasteiger partial charge in [-0.15, -0.1) is 0 Å². The van der Waals surface area contributed by atoms with Gasteiger partial charge in [-0.05, 0) is 89.9 Å². The van der Waals surface area contributed by atoms with E-state index in [0.717, 1.165) is 83.5 Å². The highest BCUT2D eigenvalue weighted by Crippen LogP contribution is 2.14. The van der Waals surface area contributed by atoms with Gasteiger partial charge >= 0.3 is 17.9 Å². The fourth-order valence-electron chi connectivity index (χ4n) is 7.05. The fraction of sp³-hybridized carbons (Fsp3) is 0.732. The number of rotatable bonds is 46. The maximum absolute atomic E-state index is 12.7. The van der Waals surface area contributed by atoms with Gasteiger partial charge < -0.3 is 14.2 Å². The van der Waals surface area contributed by atoms with Crippen LogP contribution < -0.4 is 0 Å². The largest absolute Gasteiger partial charge is 0.462 e. The van der Waals surface area contributed by atoms with E-state index in [1.165, 1.54) is 116 Å². The lowest BCUT2D eigenvalue weighted by Gasteiger charge is -2.18. The molecule has 0 aliphatic heterocycles. The third kappa shape index (κ3) is 47.9. The van der Waals surface area contributed by atoms with E-state index in [1.807, 2.05) is 0 Å². The third-order valence-corrected chi connectivity index (χ3v) is 10.9. The number of allylic oxidation sites excluding steroid dienone is 12. The normalized spacial score (nSPS) is 12.6. The van der Waals surface area contributed by atoms with E-state index >= 15 is 0 Å². The molecule has 0 spiro atoms. The molecular formula is C56H96O6. The molecule has 0 aromatic rings. The number of carbonyl (C=O) groups excluding carboxylic acids is 3. The Labute approximate surface area is 382 Å². The van der Waals surface area contributed by atoms with Gasteiger partial charge in [0.15, 0.2) is 6.10 Å². The van der Waals surface area contributed by atoms with Crippen LogP contribution in [-0.4, -0.2) is 37.2 Å². The molecule has 6 heteroatoms. The molecule has 356 valence electrons. The Morgan fingerprint density at radius 3 is 1.02 bits per heavy atom. The SMILES string of the molecule is CC/C=C\C/C=C\C/C=C\C/C=C\CCCCC(=O)OC(COC(=O)CCCCCCCC)COC(=O)CCCCCCCCCCCCC/C=C\C/C=C\CCCCCCC. The minimum Gasteiger partial charge on any atom is -0.462 e. The fourth-order valence-corrected chi connectivity index (χ4v) is 7.05. The summed E-state index contributed by atoms with van der Waals surface area (Å²) in [5, 5.41) is 0. The summed E-state index contributed by atoms with van der Waals surface area (Å²) in [6.45, 7) is 6.41. The maximum atomic E-state index is 12.7. The van der Waals surface area contributed by atoms with Crippen LogP contribution in [0.2, 0.25) is 0 Å². The van der Waals surface area contributed by atoms with E-state index in [0.29, 0.717) is 19.3 Å². The van der Waals surface area contributed by atoms with Crippen LogP contribution in [0.1, 0.15) is 245 Å². The van der Waals surface area contributed by atoms with Gasteiger partial charge in [0, 0.05) is 19.3 Å². The van der Waals surface area contributed by atoms with Gasteiger partial charge in [-0.2, -0.15) is 0 Å². The maximum Gasteiger partial charge on any atom is 0.306 e. The highest BCUT2D eigenvalue weighted by Gasteiger charge is 2.19. The van der Waals surface area contributed by atoms with Crippen LogP contribution in [0.5, 0.6) is 0 Å². The highest BCUT2D eigenvalue weighted by molar-refractivity contribution is 5.71. The summed E-state index contributed by atoms with van der Waals surface area (Å²) in [6.07, 6.45) is 63.5. The van der Waals surface area contributed by atoms with Gasteiger partial charge in [-0.1, -0.05) is 209 Å². The van der Waals surface area contributed by atoms with Gasteiger partial charge in [-0.25, -0.2) is 0 Å². The Hall–Kier alpha value is -3.15. The van der Waals surface area contributed by atoms with Crippen molar-refractivity contribution in [3.63, 3.8) is 0 Å². The van der Waals surface area contributed by atoms with Crippen molar-refractivity contribution >= 4 is 17.9 Å².